The molecule has 1 aromatic heterocycles. The van der Waals surface area contributed by atoms with Crippen molar-refractivity contribution in [1.29, 1.82) is 0 Å². The quantitative estimate of drug-likeness (QED) is 0.893. The number of hydrogen-bond acceptors (Lipinski definition) is 4. The standard InChI is InChI=1S/C14H12N2O3S/c1-8-13(17)16-11-6-10(2-3-12(11)19-8)15-14(18)9-4-5-20-7-9/h2-8H,1H3,(H,15,18)(H,16,17). The first-order chi connectivity index (χ1) is 9.63. The van der Waals surface area contributed by atoms with E-state index in [0.717, 1.165) is 0 Å². The molecule has 6 heteroatoms. The minimum absolute atomic E-state index is 0.178. The summed E-state index contributed by atoms with van der Waals surface area (Å²) in [7, 11) is 0. The molecular formula is C14H12N2O3S. The topological polar surface area (TPSA) is 67.4 Å². The van der Waals surface area contributed by atoms with Crippen LogP contribution in [0.1, 0.15) is 17.3 Å². The van der Waals surface area contributed by atoms with Crippen molar-refractivity contribution in [2.45, 2.75) is 13.0 Å². The van der Waals surface area contributed by atoms with Gasteiger partial charge < -0.3 is 15.4 Å². The van der Waals surface area contributed by atoms with Gasteiger partial charge in [0.25, 0.3) is 11.8 Å². The van der Waals surface area contributed by atoms with Gasteiger partial charge in [0.05, 0.1) is 11.3 Å². The molecule has 1 atom stereocenters. The number of fused-ring (bicyclic) bond motifs is 1. The zero-order chi connectivity index (χ0) is 14.1. The molecule has 0 bridgehead atoms. The van der Waals surface area contributed by atoms with Crippen molar-refractivity contribution in [3.05, 3.63) is 40.6 Å². The Morgan fingerprint density at radius 2 is 2.25 bits per heavy atom. The number of ether oxygens (including phenoxy) is 1. The summed E-state index contributed by atoms with van der Waals surface area (Å²) < 4.78 is 5.45. The van der Waals surface area contributed by atoms with Crippen LogP contribution in [-0.2, 0) is 4.79 Å². The Morgan fingerprint density at radius 3 is 3.00 bits per heavy atom. The fourth-order valence-electron chi connectivity index (χ4n) is 1.88. The zero-order valence-electron chi connectivity index (χ0n) is 10.7. The highest BCUT2D eigenvalue weighted by atomic mass is 32.1. The largest absolute Gasteiger partial charge is 0.479 e. The van der Waals surface area contributed by atoms with E-state index in [1.54, 1.807) is 36.6 Å². The van der Waals surface area contributed by atoms with Crippen molar-refractivity contribution in [2.75, 3.05) is 10.6 Å². The number of nitrogens with one attached hydrogen (secondary N) is 2. The van der Waals surface area contributed by atoms with Crippen molar-refractivity contribution in [2.24, 2.45) is 0 Å². The van der Waals surface area contributed by atoms with Crippen LogP contribution in [0.25, 0.3) is 0 Å². The molecule has 2 amide bonds. The third kappa shape index (κ3) is 2.37. The summed E-state index contributed by atoms with van der Waals surface area (Å²) in [5, 5.41) is 9.15. The highest BCUT2D eigenvalue weighted by Gasteiger charge is 2.23. The number of anilines is 2. The van der Waals surface area contributed by atoms with Crippen LogP contribution in [0, 0.1) is 0 Å². The molecule has 0 aliphatic carbocycles. The minimum Gasteiger partial charge on any atom is -0.479 e. The lowest BCUT2D eigenvalue weighted by atomic mass is 10.2. The second-order valence-electron chi connectivity index (χ2n) is 4.43. The smallest absolute Gasteiger partial charge is 0.265 e. The van der Waals surface area contributed by atoms with Crippen molar-refractivity contribution >= 4 is 34.5 Å². The molecule has 1 unspecified atom stereocenters. The van der Waals surface area contributed by atoms with Crippen molar-refractivity contribution < 1.29 is 14.3 Å². The third-order valence-corrected chi connectivity index (χ3v) is 3.63. The number of rotatable bonds is 2. The zero-order valence-corrected chi connectivity index (χ0v) is 11.5. The number of carbonyl (C=O) groups is 2. The van der Waals surface area contributed by atoms with Gasteiger partial charge in [-0.1, -0.05) is 0 Å². The maximum atomic E-state index is 11.9. The van der Waals surface area contributed by atoms with E-state index in [0.29, 0.717) is 22.7 Å². The summed E-state index contributed by atoms with van der Waals surface area (Å²) in [6.45, 7) is 1.69. The second kappa shape index (κ2) is 4.97. The van der Waals surface area contributed by atoms with E-state index in [1.165, 1.54) is 11.3 Å². The van der Waals surface area contributed by atoms with Gasteiger partial charge in [-0.25, -0.2) is 0 Å². The number of carbonyl (C=O) groups excluding carboxylic acids is 2. The Balaban J connectivity index is 1.81. The highest BCUT2D eigenvalue weighted by Crippen LogP contribution is 2.32. The van der Waals surface area contributed by atoms with Gasteiger partial charge in [-0.05, 0) is 36.6 Å². The summed E-state index contributed by atoms with van der Waals surface area (Å²) in [6, 6.07) is 6.91. The number of amides is 2. The molecule has 2 N–H and O–H groups in total. The Kier molecular flexibility index (Phi) is 3.15. The minimum atomic E-state index is -0.506. The highest BCUT2D eigenvalue weighted by molar-refractivity contribution is 7.08. The van der Waals surface area contributed by atoms with Gasteiger partial charge in [0, 0.05) is 11.1 Å². The van der Waals surface area contributed by atoms with Crippen LogP contribution < -0.4 is 15.4 Å². The lowest BCUT2D eigenvalue weighted by Gasteiger charge is -2.23. The van der Waals surface area contributed by atoms with E-state index >= 15 is 0 Å². The lowest BCUT2D eigenvalue weighted by Crippen LogP contribution is -2.34. The molecule has 0 saturated carbocycles. The molecule has 0 fully saturated rings. The summed E-state index contributed by atoms with van der Waals surface area (Å²) in [6.07, 6.45) is -0.506. The number of thiophene rings is 1. The molecule has 0 spiro atoms. The summed E-state index contributed by atoms with van der Waals surface area (Å²) in [4.78, 5) is 23.5. The summed E-state index contributed by atoms with van der Waals surface area (Å²) >= 11 is 1.46. The average Bonchev–Trinajstić information content (AvgIpc) is 2.94. The van der Waals surface area contributed by atoms with Crippen LogP contribution in [0.5, 0.6) is 5.75 Å². The number of hydrogen-bond donors (Lipinski definition) is 2. The van der Waals surface area contributed by atoms with E-state index < -0.39 is 6.10 Å². The van der Waals surface area contributed by atoms with E-state index in [2.05, 4.69) is 10.6 Å². The Bertz CT molecular complexity index is 667. The first-order valence-corrected chi connectivity index (χ1v) is 7.03. The molecule has 0 radical (unpaired) electrons. The molecule has 2 aromatic rings. The SMILES string of the molecule is CC1Oc2ccc(NC(=O)c3ccsc3)cc2NC1=O. The fraction of sp³-hybridized carbons (Fsp3) is 0.143. The predicted octanol–water partition coefficient (Wildman–Crippen LogP) is 2.72. The van der Waals surface area contributed by atoms with Crippen LogP contribution in [0.4, 0.5) is 11.4 Å². The Labute approximate surface area is 119 Å². The van der Waals surface area contributed by atoms with Gasteiger partial charge in [0.15, 0.2) is 6.10 Å². The maximum absolute atomic E-state index is 11.9. The summed E-state index contributed by atoms with van der Waals surface area (Å²) in [5.41, 5.74) is 1.79. The molecule has 2 heterocycles. The fourth-order valence-corrected chi connectivity index (χ4v) is 2.52. The normalized spacial score (nSPS) is 16.9. The maximum Gasteiger partial charge on any atom is 0.265 e. The average molecular weight is 288 g/mol. The van der Waals surface area contributed by atoms with E-state index in [4.69, 9.17) is 4.74 Å². The van der Waals surface area contributed by atoms with Crippen molar-refractivity contribution in [1.82, 2.24) is 0 Å². The van der Waals surface area contributed by atoms with Gasteiger partial charge in [-0.15, -0.1) is 0 Å². The van der Waals surface area contributed by atoms with Gasteiger partial charge >= 0.3 is 0 Å². The molecule has 3 rings (SSSR count). The molecule has 1 aliphatic heterocycles. The summed E-state index contributed by atoms with van der Waals surface area (Å²) in [5.74, 6) is 0.229. The van der Waals surface area contributed by atoms with Crippen LogP contribution in [0.3, 0.4) is 0 Å². The van der Waals surface area contributed by atoms with Crippen molar-refractivity contribution in [3.8, 4) is 5.75 Å². The van der Waals surface area contributed by atoms with Crippen LogP contribution >= 0.6 is 11.3 Å². The van der Waals surface area contributed by atoms with Gasteiger partial charge in [0.2, 0.25) is 0 Å². The Morgan fingerprint density at radius 1 is 1.40 bits per heavy atom. The molecule has 0 saturated heterocycles. The van der Waals surface area contributed by atoms with E-state index in [-0.39, 0.29) is 11.8 Å². The predicted molar refractivity (Wildman–Crippen MR) is 77.4 cm³/mol. The lowest BCUT2D eigenvalue weighted by molar-refractivity contribution is -0.122. The van der Waals surface area contributed by atoms with E-state index in [9.17, 15) is 9.59 Å². The molecule has 1 aromatic carbocycles. The number of benzene rings is 1. The van der Waals surface area contributed by atoms with Gasteiger partial charge in [-0.2, -0.15) is 11.3 Å². The molecule has 1 aliphatic rings. The molecular weight excluding hydrogens is 276 g/mol. The Hall–Kier alpha value is -2.34. The van der Waals surface area contributed by atoms with Gasteiger partial charge in [-0.3, -0.25) is 9.59 Å². The van der Waals surface area contributed by atoms with E-state index in [1.807, 2.05) is 5.38 Å². The van der Waals surface area contributed by atoms with Crippen LogP contribution in [-0.4, -0.2) is 17.9 Å². The molecule has 102 valence electrons. The van der Waals surface area contributed by atoms with Crippen molar-refractivity contribution in [3.63, 3.8) is 0 Å². The monoisotopic (exact) mass is 288 g/mol. The molecule has 5 nitrogen and oxygen atoms in total. The van der Waals surface area contributed by atoms with Crippen LogP contribution in [0.2, 0.25) is 0 Å². The first kappa shape index (κ1) is 12.7. The van der Waals surface area contributed by atoms with Crippen LogP contribution in [0.15, 0.2) is 35.0 Å². The third-order valence-electron chi connectivity index (χ3n) is 2.95. The van der Waals surface area contributed by atoms with Gasteiger partial charge in [0.1, 0.15) is 5.75 Å². The second-order valence-corrected chi connectivity index (χ2v) is 5.21. The molecule has 20 heavy (non-hydrogen) atoms. The first-order valence-electron chi connectivity index (χ1n) is 6.08.